The first-order chi connectivity index (χ1) is 14.2. The first kappa shape index (κ1) is 21.3. The first-order valence-electron chi connectivity index (χ1n) is 10.2. The fourth-order valence-electron chi connectivity index (χ4n) is 3.23. The minimum atomic E-state index is -0.138. The van der Waals surface area contributed by atoms with Crippen LogP contribution in [-0.4, -0.2) is 45.5 Å². The Morgan fingerprint density at radius 1 is 1.21 bits per heavy atom. The summed E-state index contributed by atoms with van der Waals surface area (Å²) in [5.74, 6) is 0.591. The Kier molecular flexibility index (Phi) is 8.49. The second-order valence-corrected chi connectivity index (χ2v) is 7.12. The molecule has 1 atom stereocenters. The van der Waals surface area contributed by atoms with Crippen LogP contribution in [0, 0.1) is 0 Å². The molecular weight excluding hydrogens is 368 g/mol. The lowest BCUT2D eigenvalue weighted by atomic mass is 10.1. The van der Waals surface area contributed by atoms with Gasteiger partial charge in [0, 0.05) is 31.0 Å². The molecule has 6 nitrogen and oxygen atoms in total. The van der Waals surface area contributed by atoms with Crippen molar-refractivity contribution in [3.05, 3.63) is 59.7 Å². The highest BCUT2D eigenvalue weighted by atomic mass is 16.5. The minimum absolute atomic E-state index is 0.138. The van der Waals surface area contributed by atoms with Crippen molar-refractivity contribution in [1.29, 1.82) is 0 Å². The Labute approximate surface area is 172 Å². The standard InChI is InChI=1S/C23H30N2O4/c1-27-21-10-8-19(9-11-21)23(26)25-20-6-2-5-18(15-20)16-24-12-4-13-28-17-22-7-3-14-29-22/h2,5-6,8-11,15,22,24H,3-4,7,12-14,16-17H2,1H3,(H,25,26). The molecule has 1 unspecified atom stereocenters. The van der Waals surface area contributed by atoms with Crippen molar-refractivity contribution < 1.29 is 19.0 Å². The maximum Gasteiger partial charge on any atom is 0.255 e. The van der Waals surface area contributed by atoms with Gasteiger partial charge in [0.05, 0.1) is 19.8 Å². The zero-order valence-corrected chi connectivity index (χ0v) is 17.0. The predicted molar refractivity (Wildman–Crippen MR) is 114 cm³/mol. The Morgan fingerprint density at radius 3 is 2.83 bits per heavy atom. The third-order valence-corrected chi connectivity index (χ3v) is 4.84. The second kappa shape index (κ2) is 11.6. The molecule has 0 radical (unpaired) electrons. The smallest absolute Gasteiger partial charge is 0.255 e. The number of amides is 1. The average Bonchev–Trinajstić information content (AvgIpc) is 3.27. The predicted octanol–water partition coefficient (Wildman–Crippen LogP) is 3.62. The van der Waals surface area contributed by atoms with Crippen molar-refractivity contribution in [2.45, 2.75) is 31.9 Å². The van der Waals surface area contributed by atoms with E-state index in [2.05, 4.69) is 10.6 Å². The van der Waals surface area contributed by atoms with Crippen molar-refractivity contribution >= 4 is 11.6 Å². The molecule has 3 rings (SSSR count). The summed E-state index contributed by atoms with van der Waals surface area (Å²) in [6, 6.07) is 14.9. The van der Waals surface area contributed by atoms with Crippen molar-refractivity contribution in [3.63, 3.8) is 0 Å². The Bertz CT molecular complexity index is 758. The minimum Gasteiger partial charge on any atom is -0.497 e. The molecule has 29 heavy (non-hydrogen) atoms. The molecule has 0 spiro atoms. The third-order valence-electron chi connectivity index (χ3n) is 4.84. The fourth-order valence-corrected chi connectivity index (χ4v) is 3.23. The summed E-state index contributed by atoms with van der Waals surface area (Å²) in [6.07, 6.45) is 3.51. The van der Waals surface area contributed by atoms with E-state index in [4.69, 9.17) is 14.2 Å². The maximum atomic E-state index is 12.4. The number of rotatable bonds is 11. The molecule has 2 aromatic carbocycles. The van der Waals surface area contributed by atoms with Crippen LogP contribution in [0.4, 0.5) is 5.69 Å². The van der Waals surface area contributed by atoms with E-state index in [1.54, 1.807) is 31.4 Å². The van der Waals surface area contributed by atoms with Gasteiger partial charge in [-0.1, -0.05) is 12.1 Å². The van der Waals surface area contributed by atoms with Crippen molar-refractivity contribution in [2.75, 3.05) is 38.8 Å². The van der Waals surface area contributed by atoms with Gasteiger partial charge >= 0.3 is 0 Å². The van der Waals surface area contributed by atoms with Crippen LogP contribution in [0.3, 0.4) is 0 Å². The molecule has 2 N–H and O–H groups in total. The van der Waals surface area contributed by atoms with Crippen LogP contribution in [0.25, 0.3) is 0 Å². The molecule has 0 aliphatic carbocycles. The second-order valence-electron chi connectivity index (χ2n) is 7.12. The van der Waals surface area contributed by atoms with E-state index in [0.717, 1.165) is 62.6 Å². The molecule has 0 aromatic heterocycles. The SMILES string of the molecule is COc1ccc(C(=O)Nc2cccc(CNCCCOCC3CCCO3)c2)cc1. The van der Waals surface area contributed by atoms with Gasteiger partial charge in [-0.3, -0.25) is 4.79 Å². The Balaban J connectivity index is 1.35. The molecule has 1 aliphatic rings. The molecular formula is C23H30N2O4. The number of benzene rings is 2. The van der Waals surface area contributed by atoms with Crippen molar-refractivity contribution in [2.24, 2.45) is 0 Å². The van der Waals surface area contributed by atoms with Crippen LogP contribution < -0.4 is 15.4 Å². The first-order valence-corrected chi connectivity index (χ1v) is 10.2. The molecule has 1 fully saturated rings. The van der Waals surface area contributed by atoms with E-state index in [-0.39, 0.29) is 5.91 Å². The van der Waals surface area contributed by atoms with Crippen LogP contribution >= 0.6 is 0 Å². The van der Waals surface area contributed by atoms with Gasteiger partial charge in [-0.2, -0.15) is 0 Å². The molecule has 1 saturated heterocycles. The number of hydrogen-bond donors (Lipinski definition) is 2. The lowest BCUT2D eigenvalue weighted by Crippen LogP contribution is -2.19. The lowest BCUT2D eigenvalue weighted by Gasteiger charge is -2.11. The molecule has 156 valence electrons. The van der Waals surface area contributed by atoms with Gasteiger partial charge in [0.15, 0.2) is 0 Å². The third kappa shape index (κ3) is 7.16. The van der Waals surface area contributed by atoms with Gasteiger partial charge in [-0.05, 0) is 67.8 Å². The van der Waals surface area contributed by atoms with E-state index in [1.807, 2.05) is 24.3 Å². The molecule has 0 saturated carbocycles. The average molecular weight is 399 g/mol. The highest BCUT2D eigenvalue weighted by Crippen LogP contribution is 2.15. The topological polar surface area (TPSA) is 68.8 Å². The summed E-state index contributed by atoms with van der Waals surface area (Å²) in [7, 11) is 1.60. The van der Waals surface area contributed by atoms with Crippen molar-refractivity contribution in [1.82, 2.24) is 5.32 Å². The molecule has 1 amide bonds. The van der Waals surface area contributed by atoms with Crippen LogP contribution in [0.2, 0.25) is 0 Å². The summed E-state index contributed by atoms with van der Waals surface area (Å²) in [5.41, 5.74) is 2.50. The maximum absolute atomic E-state index is 12.4. The number of carbonyl (C=O) groups excluding carboxylic acids is 1. The van der Waals surface area contributed by atoms with E-state index >= 15 is 0 Å². The van der Waals surface area contributed by atoms with Gasteiger partial charge in [-0.15, -0.1) is 0 Å². The van der Waals surface area contributed by atoms with Crippen LogP contribution in [0.1, 0.15) is 35.2 Å². The van der Waals surface area contributed by atoms with Gasteiger partial charge in [0.1, 0.15) is 5.75 Å². The molecule has 1 heterocycles. The largest absolute Gasteiger partial charge is 0.497 e. The van der Waals surface area contributed by atoms with Gasteiger partial charge in [0.25, 0.3) is 5.91 Å². The lowest BCUT2D eigenvalue weighted by molar-refractivity contribution is 0.0166. The van der Waals surface area contributed by atoms with E-state index in [9.17, 15) is 4.79 Å². The van der Waals surface area contributed by atoms with Crippen molar-refractivity contribution in [3.8, 4) is 5.75 Å². The van der Waals surface area contributed by atoms with Crippen LogP contribution in [0.5, 0.6) is 5.75 Å². The molecule has 1 aliphatic heterocycles. The summed E-state index contributed by atoms with van der Waals surface area (Å²) < 4.78 is 16.3. The number of anilines is 1. The van der Waals surface area contributed by atoms with Gasteiger partial charge in [-0.25, -0.2) is 0 Å². The number of ether oxygens (including phenoxy) is 3. The van der Waals surface area contributed by atoms with Gasteiger partial charge in [0.2, 0.25) is 0 Å². The summed E-state index contributed by atoms with van der Waals surface area (Å²) in [6.45, 7) is 3.95. The summed E-state index contributed by atoms with van der Waals surface area (Å²) in [4.78, 5) is 12.4. The Hall–Kier alpha value is -2.41. The number of hydrogen-bond acceptors (Lipinski definition) is 5. The Morgan fingerprint density at radius 2 is 2.07 bits per heavy atom. The number of carbonyl (C=O) groups is 1. The molecule has 2 aromatic rings. The summed E-state index contributed by atoms with van der Waals surface area (Å²) in [5, 5.41) is 6.36. The monoisotopic (exact) mass is 398 g/mol. The number of nitrogens with one attached hydrogen (secondary N) is 2. The normalized spacial score (nSPS) is 16.0. The zero-order chi connectivity index (χ0) is 20.3. The van der Waals surface area contributed by atoms with Gasteiger partial charge < -0.3 is 24.8 Å². The quantitative estimate of drug-likeness (QED) is 0.566. The van der Waals surface area contributed by atoms with E-state index in [0.29, 0.717) is 18.3 Å². The highest BCUT2D eigenvalue weighted by Gasteiger charge is 2.14. The molecule has 0 bridgehead atoms. The van der Waals surface area contributed by atoms with Crippen LogP contribution in [-0.2, 0) is 16.0 Å². The fraction of sp³-hybridized carbons (Fsp3) is 0.435. The van der Waals surface area contributed by atoms with E-state index in [1.165, 1.54) is 0 Å². The number of methoxy groups -OCH3 is 1. The van der Waals surface area contributed by atoms with E-state index < -0.39 is 0 Å². The summed E-state index contributed by atoms with van der Waals surface area (Å²) >= 11 is 0. The highest BCUT2D eigenvalue weighted by molar-refractivity contribution is 6.04. The van der Waals surface area contributed by atoms with Crippen LogP contribution in [0.15, 0.2) is 48.5 Å². The zero-order valence-electron chi connectivity index (χ0n) is 17.0. The molecule has 6 heteroatoms.